The highest BCUT2D eigenvalue weighted by molar-refractivity contribution is 5.95. The highest BCUT2D eigenvalue weighted by Gasteiger charge is 2.32. The summed E-state index contributed by atoms with van der Waals surface area (Å²) in [5, 5.41) is 22.7. The van der Waals surface area contributed by atoms with Gasteiger partial charge in [-0.3, -0.25) is 9.59 Å². The molecule has 0 saturated carbocycles. The summed E-state index contributed by atoms with van der Waals surface area (Å²) in [6, 6.07) is 11.3. The Hall–Kier alpha value is -2.93. The molecule has 0 aliphatic carbocycles. The number of nitrogens with one attached hydrogen (secondary N) is 1. The Bertz CT molecular complexity index is 766. The fourth-order valence-electron chi connectivity index (χ4n) is 2.86. The van der Waals surface area contributed by atoms with Gasteiger partial charge in [0.05, 0.1) is 12.1 Å². The molecule has 7 nitrogen and oxygen atoms in total. The number of hydrogen-bond acceptors (Lipinski definition) is 5. The zero-order valence-electron chi connectivity index (χ0n) is 13.5. The fourth-order valence-corrected chi connectivity index (χ4v) is 2.86. The molecule has 1 fully saturated rings. The average molecular weight is 341 g/mol. The smallest absolute Gasteiger partial charge is 0.274 e. The SMILES string of the molecule is O=C(N[C@@H]1CCN(C(=O)c2ccccc2)C[C@H]1O)c1ncccc1O. The van der Waals surface area contributed by atoms with Crippen molar-refractivity contribution in [2.45, 2.75) is 18.6 Å². The van der Waals surface area contributed by atoms with E-state index in [2.05, 4.69) is 10.3 Å². The second-order valence-corrected chi connectivity index (χ2v) is 5.92. The Morgan fingerprint density at radius 2 is 1.92 bits per heavy atom. The number of β-amino-alcohol motifs (C(OH)–C–C–N with tert-alkyl or cyclic N) is 1. The van der Waals surface area contributed by atoms with Gasteiger partial charge in [-0.1, -0.05) is 18.2 Å². The lowest BCUT2D eigenvalue weighted by Crippen LogP contribution is -2.55. The van der Waals surface area contributed by atoms with Crippen LogP contribution in [0, 0.1) is 0 Å². The van der Waals surface area contributed by atoms with E-state index >= 15 is 0 Å². The van der Waals surface area contributed by atoms with Gasteiger partial charge in [-0.2, -0.15) is 0 Å². The Kier molecular flexibility index (Phi) is 4.95. The Morgan fingerprint density at radius 3 is 2.60 bits per heavy atom. The van der Waals surface area contributed by atoms with E-state index in [9.17, 15) is 19.8 Å². The average Bonchev–Trinajstić information content (AvgIpc) is 2.63. The molecule has 1 aromatic heterocycles. The van der Waals surface area contributed by atoms with Crippen LogP contribution in [0.3, 0.4) is 0 Å². The minimum atomic E-state index is -0.892. The number of aromatic nitrogens is 1. The molecule has 0 spiro atoms. The normalized spacial score (nSPS) is 20.1. The van der Waals surface area contributed by atoms with Crippen LogP contribution < -0.4 is 5.32 Å². The zero-order valence-corrected chi connectivity index (χ0v) is 13.5. The van der Waals surface area contributed by atoms with Crippen molar-refractivity contribution in [3.8, 4) is 5.75 Å². The molecular formula is C18H19N3O4. The minimum Gasteiger partial charge on any atom is -0.505 e. The monoisotopic (exact) mass is 341 g/mol. The fraction of sp³-hybridized carbons (Fsp3) is 0.278. The molecule has 2 heterocycles. The molecule has 2 aromatic rings. The van der Waals surface area contributed by atoms with Crippen LogP contribution in [0.4, 0.5) is 0 Å². The molecule has 1 aliphatic heterocycles. The van der Waals surface area contributed by atoms with E-state index in [1.54, 1.807) is 29.2 Å². The van der Waals surface area contributed by atoms with E-state index < -0.39 is 18.1 Å². The number of amides is 2. The van der Waals surface area contributed by atoms with Crippen molar-refractivity contribution in [1.29, 1.82) is 0 Å². The largest absolute Gasteiger partial charge is 0.505 e. The van der Waals surface area contributed by atoms with Gasteiger partial charge in [0.1, 0.15) is 5.75 Å². The zero-order chi connectivity index (χ0) is 17.8. The van der Waals surface area contributed by atoms with Crippen molar-refractivity contribution in [2.75, 3.05) is 13.1 Å². The van der Waals surface area contributed by atoms with Gasteiger partial charge in [0.2, 0.25) is 0 Å². The number of piperidine rings is 1. The predicted molar refractivity (Wildman–Crippen MR) is 90.1 cm³/mol. The number of hydrogen-bond donors (Lipinski definition) is 3. The molecule has 0 bridgehead atoms. The first kappa shape index (κ1) is 16.9. The summed E-state index contributed by atoms with van der Waals surface area (Å²) in [7, 11) is 0. The van der Waals surface area contributed by atoms with Crippen LogP contribution in [-0.2, 0) is 0 Å². The number of rotatable bonds is 3. The van der Waals surface area contributed by atoms with Crippen molar-refractivity contribution >= 4 is 11.8 Å². The predicted octanol–water partition coefficient (Wildman–Crippen LogP) is 0.793. The van der Waals surface area contributed by atoms with Gasteiger partial charge in [-0.05, 0) is 30.7 Å². The summed E-state index contributed by atoms with van der Waals surface area (Å²) in [4.78, 5) is 30.0. The van der Waals surface area contributed by atoms with Gasteiger partial charge >= 0.3 is 0 Å². The number of carbonyl (C=O) groups excluding carboxylic acids is 2. The first-order valence-electron chi connectivity index (χ1n) is 8.03. The second kappa shape index (κ2) is 7.31. The maximum Gasteiger partial charge on any atom is 0.274 e. The van der Waals surface area contributed by atoms with E-state index in [1.165, 1.54) is 18.3 Å². The van der Waals surface area contributed by atoms with Gasteiger partial charge < -0.3 is 20.4 Å². The van der Waals surface area contributed by atoms with E-state index in [-0.39, 0.29) is 23.9 Å². The number of pyridine rings is 1. The number of likely N-dealkylation sites (tertiary alicyclic amines) is 1. The third kappa shape index (κ3) is 3.77. The van der Waals surface area contributed by atoms with Crippen LogP contribution in [0.1, 0.15) is 27.3 Å². The summed E-state index contributed by atoms with van der Waals surface area (Å²) >= 11 is 0. The van der Waals surface area contributed by atoms with Crippen molar-refractivity contribution < 1.29 is 19.8 Å². The van der Waals surface area contributed by atoms with Gasteiger partial charge in [-0.25, -0.2) is 4.98 Å². The van der Waals surface area contributed by atoms with Crippen LogP contribution in [0.5, 0.6) is 5.75 Å². The molecule has 2 amide bonds. The summed E-state index contributed by atoms with van der Waals surface area (Å²) in [6.07, 6.45) is 0.932. The molecule has 2 atom stereocenters. The third-order valence-corrected chi connectivity index (χ3v) is 4.21. The molecule has 1 aromatic carbocycles. The van der Waals surface area contributed by atoms with Crippen molar-refractivity contribution in [3.63, 3.8) is 0 Å². The molecule has 25 heavy (non-hydrogen) atoms. The van der Waals surface area contributed by atoms with Crippen LogP contribution in [0.15, 0.2) is 48.7 Å². The van der Waals surface area contributed by atoms with Gasteiger partial charge in [0.15, 0.2) is 5.69 Å². The molecule has 1 saturated heterocycles. The maximum absolute atomic E-state index is 12.4. The molecule has 3 rings (SSSR count). The van der Waals surface area contributed by atoms with E-state index in [1.807, 2.05) is 6.07 Å². The maximum atomic E-state index is 12.4. The molecule has 7 heteroatoms. The number of carbonyl (C=O) groups is 2. The summed E-state index contributed by atoms with van der Waals surface area (Å²) < 4.78 is 0. The Labute approximate surface area is 144 Å². The Morgan fingerprint density at radius 1 is 1.16 bits per heavy atom. The molecular weight excluding hydrogens is 322 g/mol. The van der Waals surface area contributed by atoms with E-state index in [0.29, 0.717) is 18.5 Å². The standard InChI is InChI=1S/C18H19N3O4/c22-14-7-4-9-19-16(14)17(24)20-13-8-10-21(11-15(13)23)18(25)12-5-2-1-3-6-12/h1-7,9,13,15,22-23H,8,10-11H2,(H,20,24)/t13-,15-/m1/s1. The number of aliphatic hydroxyl groups is 1. The van der Waals surface area contributed by atoms with Crippen molar-refractivity contribution in [1.82, 2.24) is 15.2 Å². The summed E-state index contributed by atoms with van der Waals surface area (Å²) in [5.74, 6) is -0.914. The second-order valence-electron chi connectivity index (χ2n) is 5.92. The van der Waals surface area contributed by atoms with E-state index in [4.69, 9.17) is 0 Å². The van der Waals surface area contributed by atoms with Gasteiger partial charge in [0, 0.05) is 24.8 Å². The highest BCUT2D eigenvalue weighted by Crippen LogP contribution is 2.17. The van der Waals surface area contributed by atoms with Gasteiger partial charge in [0.25, 0.3) is 11.8 Å². The summed E-state index contributed by atoms with van der Waals surface area (Å²) in [6.45, 7) is 0.552. The lowest BCUT2D eigenvalue weighted by molar-refractivity contribution is 0.0314. The highest BCUT2D eigenvalue weighted by atomic mass is 16.3. The van der Waals surface area contributed by atoms with Gasteiger partial charge in [-0.15, -0.1) is 0 Å². The molecule has 3 N–H and O–H groups in total. The molecule has 130 valence electrons. The summed E-state index contributed by atoms with van der Waals surface area (Å²) in [5.41, 5.74) is 0.480. The van der Waals surface area contributed by atoms with Crippen molar-refractivity contribution in [3.05, 3.63) is 59.9 Å². The minimum absolute atomic E-state index is 0.0857. The quantitative estimate of drug-likeness (QED) is 0.766. The topological polar surface area (TPSA) is 103 Å². The molecule has 0 radical (unpaired) electrons. The van der Waals surface area contributed by atoms with Crippen LogP contribution in [-0.4, -0.2) is 57.1 Å². The third-order valence-electron chi connectivity index (χ3n) is 4.21. The molecule has 0 unspecified atom stereocenters. The van der Waals surface area contributed by atoms with Crippen LogP contribution in [0.25, 0.3) is 0 Å². The number of benzene rings is 1. The van der Waals surface area contributed by atoms with Crippen LogP contribution in [0.2, 0.25) is 0 Å². The Balaban J connectivity index is 1.61. The number of nitrogens with zero attached hydrogens (tertiary/aromatic N) is 2. The van der Waals surface area contributed by atoms with E-state index in [0.717, 1.165) is 0 Å². The van der Waals surface area contributed by atoms with Crippen LogP contribution >= 0.6 is 0 Å². The number of aromatic hydroxyl groups is 1. The lowest BCUT2D eigenvalue weighted by atomic mass is 10.0. The van der Waals surface area contributed by atoms with Crippen molar-refractivity contribution in [2.24, 2.45) is 0 Å². The molecule has 1 aliphatic rings. The first-order chi connectivity index (χ1) is 12.1. The number of aliphatic hydroxyl groups excluding tert-OH is 1. The first-order valence-corrected chi connectivity index (χ1v) is 8.03. The lowest BCUT2D eigenvalue weighted by Gasteiger charge is -2.36.